The van der Waals surface area contributed by atoms with Crippen molar-refractivity contribution in [3.05, 3.63) is 0 Å². The lowest BCUT2D eigenvalue weighted by atomic mass is 10.1. The summed E-state index contributed by atoms with van der Waals surface area (Å²) in [7, 11) is 0. The summed E-state index contributed by atoms with van der Waals surface area (Å²) in [5.41, 5.74) is 0. The largest absolute Gasteiger partial charge is 0.381 e. The van der Waals surface area contributed by atoms with Gasteiger partial charge in [-0.05, 0) is 19.3 Å². The highest BCUT2D eigenvalue weighted by molar-refractivity contribution is 5.76. The van der Waals surface area contributed by atoms with Gasteiger partial charge in [-0.1, -0.05) is 78.6 Å². The summed E-state index contributed by atoms with van der Waals surface area (Å²) in [5.74, 6) is 0.289. The molecule has 24 heavy (non-hydrogen) atoms. The van der Waals surface area contributed by atoms with Crippen LogP contribution in [-0.4, -0.2) is 37.1 Å². The number of hydrogen-bond donors (Lipinski definition) is 0. The van der Waals surface area contributed by atoms with E-state index < -0.39 is 0 Å². The molecular formula is C21H43NO2. The first-order chi connectivity index (χ1) is 11.8. The Hall–Kier alpha value is -0.570. The molecule has 0 bridgehead atoms. The molecule has 0 aromatic carbocycles. The predicted octanol–water partition coefficient (Wildman–Crippen LogP) is 5.96. The monoisotopic (exact) mass is 341 g/mol. The standard InChI is InChI=1S/C21H43NO2/c1-4-7-10-12-14-17-22(18-15-13-11-8-5-2)21(23)16-20-24-19-9-6-3/h4-20H2,1-3H3. The quantitative estimate of drug-likeness (QED) is 0.288. The van der Waals surface area contributed by atoms with Crippen molar-refractivity contribution in [2.75, 3.05) is 26.3 Å². The number of nitrogens with zero attached hydrogens (tertiary/aromatic N) is 1. The molecule has 0 fully saturated rings. The third-order valence-electron chi connectivity index (χ3n) is 4.52. The minimum absolute atomic E-state index is 0.289. The van der Waals surface area contributed by atoms with Gasteiger partial charge in [0.2, 0.25) is 5.91 Å². The summed E-state index contributed by atoms with van der Waals surface area (Å²) in [4.78, 5) is 14.6. The second kappa shape index (κ2) is 18.8. The molecule has 0 atom stereocenters. The SMILES string of the molecule is CCCCCCCN(CCCCCCC)C(=O)CCOCCCC. The van der Waals surface area contributed by atoms with Crippen LogP contribution in [0.1, 0.15) is 104 Å². The van der Waals surface area contributed by atoms with Crippen molar-refractivity contribution in [1.82, 2.24) is 4.90 Å². The van der Waals surface area contributed by atoms with Gasteiger partial charge in [-0.3, -0.25) is 4.79 Å². The molecular weight excluding hydrogens is 298 g/mol. The van der Waals surface area contributed by atoms with Gasteiger partial charge in [-0.2, -0.15) is 0 Å². The van der Waals surface area contributed by atoms with Crippen LogP contribution in [-0.2, 0) is 9.53 Å². The van der Waals surface area contributed by atoms with Crippen molar-refractivity contribution < 1.29 is 9.53 Å². The van der Waals surface area contributed by atoms with E-state index in [2.05, 4.69) is 25.7 Å². The molecule has 0 heterocycles. The summed E-state index contributed by atoms with van der Waals surface area (Å²) in [6.45, 7) is 9.89. The zero-order chi connectivity index (χ0) is 17.9. The first-order valence-corrected chi connectivity index (χ1v) is 10.6. The van der Waals surface area contributed by atoms with E-state index in [4.69, 9.17) is 4.74 Å². The molecule has 0 saturated carbocycles. The molecule has 0 unspecified atom stereocenters. The van der Waals surface area contributed by atoms with Crippen molar-refractivity contribution in [2.45, 2.75) is 104 Å². The lowest BCUT2D eigenvalue weighted by Gasteiger charge is -2.23. The molecule has 3 heteroatoms. The van der Waals surface area contributed by atoms with E-state index >= 15 is 0 Å². The number of rotatable bonds is 18. The van der Waals surface area contributed by atoms with Crippen molar-refractivity contribution in [3.8, 4) is 0 Å². The Bertz CT molecular complexity index is 255. The summed E-state index contributed by atoms with van der Waals surface area (Å²) in [6.07, 6.45) is 15.4. The molecule has 0 spiro atoms. The molecule has 0 aromatic rings. The first kappa shape index (κ1) is 23.4. The summed E-state index contributed by atoms with van der Waals surface area (Å²) in [6, 6.07) is 0. The number of unbranched alkanes of at least 4 members (excludes halogenated alkanes) is 9. The Morgan fingerprint density at radius 2 is 1.17 bits per heavy atom. The minimum atomic E-state index is 0.289. The molecule has 0 aromatic heterocycles. The van der Waals surface area contributed by atoms with E-state index in [0.29, 0.717) is 13.0 Å². The molecule has 0 radical (unpaired) electrons. The van der Waals surface area contributed by atoms with Gasteiger partial charge in [0.25, 0.3) is 0 Å². The Labute approximate surface area is 151 Å². The zero-order valence-electron chi connectivity index (χ0n) is 16.8. The van der Waals surface area contributed by atoms with Gasteiger partial charge in [-0.25, -0.2) is 0 Å². The maximum Gasteiger partial charge on any atom is 0.224 e. The molecule has 0 aliphatic carbocycles. The van der Waals surface area contributed by atoms with E-state index in [-0.39, 0.29) is 5.91 Å². The molecule has 144 valence electrons. The Morgan fingerprint density at radius 3 is 1.67 bits per heavy atom. The topological polar surface area (TPSA) is 29.5 Å². The van der Waals surface area contributed by atoms with Crippen LogP contribution in [0.4, 0.5) is 0 Å². The second-order valence-corrected chi connectivity index (χ2v) is 6.93. The van der Waals surface area contributed by atoms with E-state index in [1.165, 1.54) is 51.4 Å². The third-order valence-corrected chi connectivity index (χ3v) is 4.52. The molecule has 0 aliphatic heterocycles. The van der Waals surface area contributed by atoms with Gasteiger partial charge in [0.15, 0.2) is 0 Å². The second-order valence-electron chi connectivity index (χ2n) is 6.93. The maximum atomic E-state index is 12.5. The van der Waals surface area contributed by atoms with Gasteiger partial charge in [0.1, 0.15) is 0 Å². The fraction of sp³-hybridized carbons (Fsp3) is 0.952. The number of ether oxygens (including phenoxy) is 1. The van der Waals surface area contributed by atoms with Crippen molar-refractivity contribution in [3.63, 3.8) is 0 Å². The van der Waals surface area contributed by atoms with Crippen LogP contribution >= 0.6 is 0 Å². The highest BCUT2D eigenvalue weighted by Gasteiger charge is 2.12. The van der Waals surface area contributed by atoms with E-state index in [1.807, 2.05) is 0 Å². The molecule has 0 aliphatic rings. The molecule has 0 saturated heterocycles. The van der Waals surface area contributed by atoms with Crippen LogP contribution in [0.3, 0.4) is 0 Å². The van der Waals surface area contributed by atoms with Crippen LogP contribution in [0, 0.1) is 0 Å². The normalized spacial score (nSPS) is 11.0. The van der Waals surface area contributed by atoms with Crippen molar-refractivity contribution in [1.29, 1.82) is 0 Å². The van der Waals surface area contributed by atoms with E-state index in [9.17, 15) is 4.79 Å². The third kappa shape index (κ3) is 15.0. The fourth-order valence-corrected chi connectivity index (χ4v) is 2.84. The van der Waals surface area contributed by atoms with Crippen LogP contribution in [0.2, 0.25) is 0 Å². The van der Waals surface area contributed by atoms with Crippen LogP contribution in [0.15, 0.2) is 0 Å². The zero-order valence-corrected chi connectivity index (χ0v) is 16.8. The Balaban J connectivity index is 4.00. The summed E-state index contributed by atoms with van der Waals surface area (Å²) >= 11 is 0. The van der Waals surface area contributed by atoms with Crippen LogP contribution < -0.4 is 0 Å². The van der Waals surface area contributed by atoms with Crippen LogP contribution in [0.5, 0.6) is 0 Å². The van der Waals surface area contributed by atoms with Gasteiger partial charge < -0.3 is 9.64 Å². The van der Waals surface area contributed by atoms with Crippen LogP contribution in [0.25, 0.3) is 0 Å². The minimum Gasteiger partial charge on any atom is -0.381 e. The van der Waals surface area contributed by atoms with Gasteiger partial charge in [0.05, 0.1) is 13.0 Å². The van der Waals surface area contributed by atoms with E-state index in [0.717, 1.165) is 45.4 Å². The average molecular weight is 342 g/mol. The number of carbonyl (C=O) groups is 1. The Morgan fingerprint density at radius 1 is 0.667 bits per heavy atom. The lowest BCUT2D eigenvalue weighted by molar-refractivity contribution is -0.132. The first-order valence-electron chi connectivity index (χ1n) is 10.6. The van der Waals surface area contributed by atoms with Crippen molar-refractivity contribution >= 4 is 5.91 Å². The fourth-order valence-electron chi connectivity index (χ4n) is 2.84. The molecule has 3 nitrogen and oxygen atoms in total. The highest BCUT2D eigenvalue weighted by Crippen LogP contribution is 2.09. The predicted molar refractivity (Wildman–Crippen MR) is 104 cm³/mol. The maximum absolute atomic E-state index is 12.5. The smallest absolute Gasteiger partial charge is 0.224 e. The number of carbonyl (C=O) groups excluding carboxylic acids is 1. The molecule has 1 amide bonds. The molecule has 0 rings (SSSR count). The lowest BCUT2D eigenvalue weighted by Crippen LogP contribution is -2.33. The summed E-state index contributed by atoms with van der Waals surface area (Å²) < 4.78 is 5.56. The van der Waals surface area contributed by atoms with Crippen molar-refractivity contribution in [2.24, 2.45) is 0 Å². The van der Waals surface area contributed by atoms with Gasteiger partial charge in [-0.15, -0.1) is 0 Å². The summed E-state index contributed by atoms with van der Waals surface area (Å²) in [5, 5.41) is 0. The van der Waals surface area contributed by atoms with Gasteiger partial charge >= 0.3 is 0 Å². The number of amides is 1. The Kier molecular flexibility index (Phi) is 18.3. The average Bonchev–Trinajstić information content (AvgIpc) is 2.59. The molecule has 0 N–H and O–H groups in total. The highest BCUT2D eigenvalue weighted by atomic mass is 16.5. The van der Waals surface area contributed by atoms with E-state index in [1.54, 1.807) is 0 Å². The number of hydrogen-bond acceptors (Lipinski definition) is 2. The van der Waals surface area contributed by atoms with Gasteiger partial charge in [0, 0.05) is 19.7 Å².